The third kappa shape index (κ3) is 3.27. The molecule has 0 bridgehead atoms. The number of piperidine rings is 1. The largest absolute Gasteiger partial charge is 0.244 e. The third-order valence-electron chi connectivity index (χ3n) is 3.66. The van der Waals surface area contributed by atoms with Gasteiger partial charge in [0.2, 0.25) is 10.0 Å². The fourth-order valence-electron chi connectivity index (χ4n) is 2.39. The van der Waals surface area contributed by atoms with Crippen LogP contribution in [0.3, 0.4) is 0 Å². The van der Waals surface area contributed by atoms with Crippen LogP contribution in [0.15, 0.2) is 23.1 Å². The van der Waals surface area contributed by atoms with Crippen LogP contribution in [0.5, 0.6) is 0 Å². The molecule has 0 N–H and O–H groups in total. The van der Waals surface area contributed by atoms with Crippen molar-refractivity contribution in [2.75, 3.05) is 13.1 Å². The molecule has 0 amide bonds. The summed E-state index contributed by atoms with van der Waals surface area (Å²) >= 11 is 11.9. The molecule has 1 saturated heterocycles. The molecule has 1 heterocycles. The van der Waals surface area contributed by atoms with Crippen molar-refractivity contribution in [3.63, 3.8) is 0 Å². The molecule has 0 saturated carbocycles. The maximum Gasteiger partial charge on any atom is 0.244 e. The van der Waals surface area contributed by atoms with Crippen LogP contribution in [-0.4, -0.2) is 31.2 Å². The van der Waals surface area contributed by atoms with Gasteiger partial charge >= 0.3 is 0 Å². The summed E-state index contributed by atoms with van der Waals surface area (Å²) in [5.41, 5.74) is 0. The Morgan fingerprint density at radius 1 is 1.35 bits per heavy atom. The molecule has 0 aromatic heterocycles. The second-order valence-corrected chi connectivity index (χ2v) is 8.00. The van der Waals surface area contributed by atoms with Gasteiger partial charge < -0.3 is 0 Å². The van der Waals surface area contributed by atoms with Gasteiger partial charge in [0.25, 0.3) is 0 Å². The number of sulfonamides is 1. The molecule has 112 valence electrons. The number of hydrogen-bond acceptors (Lipinski definition) is 2. The topological polar surface area (TPSA) is 37.4 Å². The van der Waals surface area contributed by atoms with Crippen molar-refractivity contribution in [1.29, 1.82) is 0 Å². The Morgan fingerprint density at radius 3 is 2.50 bits per heavy atom. The first-order valence-corrected chi connectivity index (χ1v) is 8.67. The minimum absolute atomic E-state index is 0.0256. The zero-order valence-corrected chi connectivity index (χ0v) is 13.3. The van der Waals surface area contributed by atoms with Gasteiger partial charge in [-0.05, 0) is 43.9 Å². The molecule has 2 rings (SSSR count). The van der Waals surface area contributed by atoms with E-state index >= 15 is 0 Å². The van der Waals surface area contributed by atoms with Crippen molar-refractivity contribution >= 4 is 33.2 Å². The molecule has 0 radical (unpaired) electrons. The third-order valence-corrected chi connectivity index (χ3v) is 6.40. The Morgan fingerprint density at radius 2 is 1.95 bits per heavy atom. The summed E-state index contributed by atoms with van der Waals surface area (Å²) in [7, 11) is -3.75. The number of benzene rings is 1. The highest BCUT2D eigenvalue weighted by Crippen LogP contribution is 2.30. The highest BCUT2D eigenvalue weighted by atomic mass is 35.5. The zero-order valence-electron chi connectivity index (χ0n) is 11.0. The van der Waals surface area contributed by atoms with E-state index in [1.165, 1.54) is 10.4 Å². The van der Waals surface area contributed by atoms with Crippen LogP contribution in [0.2, 0.25) is 5.02 Å². The monoisotopic (exact) mass is 339 g/mol. The fraction of sp³-hybridized carbons (Fsp3) is 0.538. The maximum absolute atomic E-state index is 13.3. The van der Waals surface area contributed by atoms with Crippen LogP contribution in [0.25, 0.3) is 0 Å². The Kier molecular flexibility index (Phi) is 4.95. The van der Waals surface area contributed by atoms with E-state index in [2.05, 4.69) is 0 Å². The van der Waals surface area contributed by atoms with Crippen LogP contribution >= 0.6 is 23.2 Å². The maximum atomic E-state index is 13.3. The number of rotatable bonds is 3. The van der Waals surface area contributed by atoms with Gasteiger partial charge in [0.15, 0.2) is 0 Å². The Hall–Kier alpha value is -0.360. The molecule has 0 spiro atoms. The summed E-state index contributed by atoms with van der Waals surface area (Å²) in [4.78, 5) is -0.170. The van der Waals surface area contributed by atoms with E-state index in [-0.39, 0.29) is 15.3 Å². The fourth-order valence-corrected chi connectivity index (χ4v) is 4.60. The first-order valence-electron chi connectivity index (χ1n) is 6.41. The number of hydrogen-bond donors (Lipinski definition) is 0. The van der Waals surface area contributed by atoms with Crippen molar-refractivity contribution in [2.24, 2.45) is 5.92 Å². The summed E-state index contributed by atoms with van der Waals surface area (Å²) in [5.74, 6) is -0.302. The van der Waals surface area contributed by atoms with Gasteiger partial charge in [0.1, 0.15) is 10.7 Å². The molecule has 1 unspecified atom stereocenters. The lowest BCUT2D eigenvalue weighted by atomic mass is 9.95. The zero-order chi connectivity index (χ0) is 14.9. The summed E-state index contributed by atoms with van der Waals surface area (Å²) in [5, 5.41) is 0.0665. The minimum atomic E-state index is -3.75. The van der Waals surface area contributed by atoms with E-state index in [0.29, 0.717) is 31.8 Å². The van der Waals surface area contributed by atoms with Gasteiger partial charge in [-0.15, -0.1) is 11.6 Å². The first-order chi connectivity index (χ1) is 9.32. The van der Waals surface area contributed by atoms with E-state index in [1.807, 2.05) is 6.92 Å². The Balaban J connectivity index is 2.22. The van der Waals surface area contributed by atoms with Gasteiger partial charge in [-0.25, -0.2) is 12.8 Å². The molecular weight excluding hydrogens is 324 g/mol. The smallest absolute Gasteiger partial charge is 0.207 e. The normalized spacial score (nSPS) is 20.0. The second kappa shape index (κ2) is 6.18. The van der Waals surface area contributed by atoms with Crippen LogP contribution < -0.4 is 0 Å². The number of alkyl halides is 1. The van der Waals surface area contributed by atoms with E-state index in [1.54, 1.807) is 0 Å². The molecular formula is C13H16Cl2FNO2S. The van der Waals surface area contributed by atoms with Crippen molar-refractivity contribution in [3.8, 4) is 0 Å². The summed E-state index contributed by atoms with van der Waals surface area (Å²) < 4.78 is 39.6. The predicted molar refractivity (Wildman–Crippen MR) is 78.2 cm³/mol. The van der Waals surface area contributed by atoms with Crippen LogP contribution in [0.4, 0.5) is 4.39 Å². The predicted octanol–water partition coefficient (Wildman–Crippen LogP) is 3.51. The van der Waals surface area contributed by atoms with Crippen LogP contribution in [0, 0.1) is 11.7 Å². The first kappa shape index (κ1) is 16.0. The Labute approximate surface area is 128 Å². The van der Waals surface area contributed by atoms with Gasteiger partial charge in [-0.2, -0.15) is 4.31 Å². The van der Waals surface area contributed by atoms with E-state index in [0.717, 1.165) is 12.1 Å². The Bertz CT molecular complexity index is 584. The highest BCUT2D eigenvalue weighted by molar-refractivity contribution is 7.89. The molecule has 3 nitrogen and oxygen atoms in total. The van der Waals surface area contributed by atoms with E-state index in [9.17, 15) is 12.8 Å². The lowest BCUT2D eigenvalue weighted by molar-refractivity contribution is 0.271. The van der Waals surface area contributed by atoms with Crippen molar-refractivity contribution in [1.82, 2.24) is 4.31 Å². The van der Waals surface area contributed by atoms with Gasteiger partial charge in [0, 0.05) is 18.5 Å². The lowest BCUT2D eigenvalue weighted by Crippen LogP contribution is -2.40. The number of halogens is 3. The van der Waals surface area contributed by atoms with Crippen molar-refractivity contribution in [3.05, 3.63) is 29.0 Å². The molecule has 1 aromatic rings. The average Bonchev–Trinajstić information content (AvgIpc) is 2.41. The molecule has 1 aliphatic rings. The summed E-state index contributed by atoms with van der Waals surface area (Å²) in [6.07, 6.45) is 1.41. The SMILES string of the molecule is CC(Cl)C1CCN(S(=O)(=O)c2cc(F)ccc2Cl)CC1. The van der Waals surface area contributed by atoms with Crippen LogP contribution in [-0.2, 0) is 10.0 Å². The molecule has 1 aliphatic heterocycles. The molecule has 1 aromatic carbocycles. The second-order valence-electron chi connectivity index (χ2n) is 4.99. The standard InChI is InChI=1S/C13H16Cl2FNO2S/c1-9(14)10-4-6-17(7-5-10)20(18,19)13-8-11(16)2-3-12(13)15/h2-3,8-10H,4-7H2,1H3. The van der Waals surface area contributed by atoms with Gasteiger partial charge in [-0.1, -0.05) is 11.6 Å². The van der Waals surface area contributed by atoms with Gasteiger partial charge in [-0.3, -0.25) is 0 Å². The van der Waals surface area contributed by atoms with E-state index < -0.39 is 15.8 Å². The molecule has 1 atom stereocenters. The lowest BCUT2D eigenvalue weighted by Gasteiger charge is -2.32. The minimum Gasteiger partial charge on any atom is -0.207 e. The van der Waals surface area contributed by atoms with Crippen LogP contribution in [0.1, 0.15) is 19.8 Å². The quantitative estimate of drug-likeness (QED) is 0.790. The van der Waals surface area contributed by atoms with Gasteiger partial charge in [0.05, 0.1) is 5.02 Å². The summed E-state index contributed by atoms with van der Waals surface area (Å²) in [6, 6.07) is 3.37. The van der Waals surface area contributed by atoms with Crippen molar-refractivity contribution < 1.29 is 12.8 Å². The molecule has 20 heavy (non-hydrogen) atoms. The van der Waals surface area contributed by atoms with Crippen molar-refractivity contribution in [2.45, 2.75) is 30.0 Å². The molecule has 1 fully saturated rings. The average molecular weight is 340 g/mol. The molecule has 0 aliphatic carbocycles. The van der Waals surface area contributed by atoms with E-state index in [4.69, 9.17) is 23.2 Å². The molecule has 7 heteroatoms. The highest BCUT2D eigenvalue weighted by Gasteiger charge is 2.32. The summed E-state index contributed by atoms with van der Waals surface area (Å²) in [6.45, 7) is 2.69. The number of nitrogens with zero attached hydrogens (tertiary/aromatic N) is 1.